The molecule has 170 valence electrons. The van der Waals surface area contributed by atoms with Crippen molar-refractivity contribution in [3.05, 3.63) is 58.1 Å². The van der Waals surface area contributed by atoms with Gasteiger partial charge in [-0.05, 0) is 6.07 Å². The minimum atomic E-state index is -1.71. The fourth-order valence-electron chi connectivity index (χ4n) is 4.01. The van der Waals surface area contributed by atoms with Crippen LogP contribution in [0.2, 0.25) is 0 Å². The number of hydrogen-bond acceptors (Lipinski definition) is 10. The summed E-state index contributed by atoms with van der Waals surface area (Å²) in [6, 6.07) is 7.53. The first-order valence-corrected chi connectivity index (χ1v) is 9.84. The molecule has 0 bridgehead atoms. The van der Waals surface area contributed by atoms with Crippen molar-refractivity contribution in [3.63, 3.8) is 0 Å². The van der Waals surface area contributed by atoms with Gasteiger partial charge in [-0.1, -0.05) is 24.3 Å². The molecule has 32 heavy (non-hydrogen) atoms. The number of carbonyl (C=O) groups is 2. The van der Waals surface area contributed by atoms with Crippen LogP contribution in [0.3, 0.4) is 0 Å². The Morgan fingerprint density at radius 1 is 0.938 bits per heavy atom. The maximum atomic E-state index is 13.1. The minimum Gasteiger partial charge on any atom is -0.495 e. The second kappa shape index (κ2) is 8.58. The number of fused-ring (bicyclic) bond motifs is 2. The van der Waals surface area contributed by atoms with E-state index in [4.69, 9.17) is 14.2 Å². The summed E-state index contributed by atoms with van der Waals surface area (Å²) in [7, 11) is 1.27. The molecule has 2 aromatic rings. The van der Waals surface area contributed by atoms with Gasteiger partial charge in [0.2, 0.25) is 6.29 Å². The first kappa shape index (κ1) is 22.3. The quantitative estimate of drug-likeness (QED) is 0.333. The monoisotopic (exact) mass is 446 g/mol. The summed E-state index contributed by atoms with van der Waals surface area (Å²) in [5.74, 6) is -1.12. The lowest BCUT2D eigenvalue weighted by atomic mass is 9.82. The Morgan fingerprint density at radius 3 is 2.19 bits per heavy atom. The van der Waals surface area contributed by atoms with Gasteiger partial charge in [0.25, 0.3) is 0 Å². The molecule has 5 N–H and O–H groups in total. The molecule has 0 radical (unpaired) electrons. The fraction of sp³-hybridized carbons (Fsp3) is 0.364. The molecule has 0 aromatic heterocycles. The lowest BCUT2D eigenvalue weighted by Gasteiger charge is -2.39. The third-order valence-electron chi connectivity index (χ3n) is 5.69. The maximum Gasteiger partial charge on any atom is 0.229 e. The highest BCUT2D eigenvalue weighted by molar-refractivity contribution is 6.29. The SMILES string of the molecule is COc1c(CO)c(O[C@H]2O[C@H](CO)[C@H](O)[C@@H](O)[C@H]2O)cc2c1C(=O)c1ccccc1C2=O. The molecule has 1 aliphatic heterocycles. The Hall–Kier alpha value is -2.86. The molecule has 0 unspecified atom stereocenters. The van der Waals surface area contributed by atoms with Crippen LogP contribution in [0.4, 0.5) is 0 Å². The van der Waals surface area contributed by atoms with Gasteiger partial charge < -0.3 is 39.7 Å². The summed E-state index contributed by atoms with van der Waals surface area (Å²) >= 11 is 0. The smallest absolute Gasteiger partial charge is 0.229 e. The van der Waals surface area contributed by atoms with E-state index < -0.39 is 55.5 Å². The van der Waals surface area contributed by atoms with Crippen LogP contribution in [0.1, 0.15) is 37.4 Å². The summed E-state index contributed by atoms with van der Waals surface area (Å²) in [6.07, 6.45) is -7.75. The zero-order valence-corrected chi connectivity index (χ0v) is 17.0. The van der Waals surface area contributed by atoms with Crippen LogP contribution in [0, 0.1) is 0 Å². The number of benzene rings is 2. The highest BCUT2D eigenvalue weighted by atomic mass is 16.7. The van der Waals surface area contributed by atoms with Gasteiger partial charge in [-0.3, -0.25) is 9.59 Å². The van der Waals surface area contributed by atoms with E-state index in [0.29, 0.717) is 0 Å². The molecule has 2 aliphatic rings. The Kier molecular flexibility index (Phi) is 5.99. The Bertz CT molecular complexity index is 1060. The van der Waals surface area contributed by atoms with E-state index in [1.54, 1.807) is 12.1 Å². The second-order valence-electron chi connectivity index (χ2n) is 7.49. The molecule has 1 heterocycles. The minimum absolute atomic E-state index is 0.0174. The molecule has 1 saturated heterocycles. The van der Waals surface area contributed by atoms with E-state index >= 15 is 0 Å². The molecule has 4 rings (SSSR count). The van der Waals surface area contributed by atoms with Crippen LogP contribution in [0.5, 0.6) is 11.5 Å². The molecular formula is C22H22O10. The molecule has 2 aromatic carbocycles. The summed E-state index contributed by atoms with van der Waals surface area (Å²) in [5, 5.41) is 49.6. The van der Waals surface area contributed by atoms with Gasteiger partial charge in [0.05, 0.1) is 31.5 Å². The summed E-state index contributed by atoms with van der Waals surface area (Å²) < 4.78 is 16.4. The predicted octanol–water partition coefficient (Wildman–Crippen LogP) is -0.858. The average Bonchev–Trinajstić information content (AvgIpc) is 2.81. The number of methoxy groups -OCH3 is 1. The van der Waals surface area contributed by atoms with Gasteiger partial charge in [-0.25, -0.2) is 0 Å². The predicted molar refractivity (Wildman–Crippen MR) is 107 cm³/mol. The topological polar surface area (TPSA) is 163 Å². The van der Waals surface area contributed by atoms with E-state index in [0.717, 1.165) is 0 Å². The third kappa shape index (κ3) is 3.37. The van der Waals surface area contributed by atoms with Gasteiger partial charge in [0.1, 0.15) is 35.9 Å². The molecule has 5 atom stereocenters. The molecule has 0 saturated carbocycles. The van der Waals surface area contributed by atoms with Gasteiger partial charge in [-0.2, -0.15) is 0 Å². The Labute approximate surface area is 182 Å². The number of ether oxygens (including phenoxy) is 3. The van der Waals surface area contributed by atoms with E-state index in [1.807, 2.05) is 0 Å². The van der Waals surface area contributed by atoms with Crippen LogP contribution >= 0.6 is 0 Å². The van der Waals surface area contributed by atoms with Crippen molar-refractivity contribution in [2.45, 2.75) is 37.3 Å². The number of carbonyl (C=O) groups excluding carboxylic acids is 2. The first-order valence-electron chi connectivity index (χ1n) is 9.84. The largest absolute Gasteiger partial charge is 0.495 e. The Balaban J connectivity index is 1.81. The van der Waals surface area contributed by atoms with Crippen LogP contribution in [-0.4, -0.2) is 81.5 Å². The van der Waals surface area contributed by atoms with Crippen molar-refractivity contribution >= 4 is 11.6 Å². The Morgan fingerprint density at radius 2 is 1.59 bits per heavy atom. The van der Waals surface area contributed by atoms with E-state index in [1.165, 1.54) is 25.3 Å². The van der Waals surface area contributed by atoms with Gasteiger partial charge in [0, 0.05) is 16.7 Å². The number of aliphatic hydroxyl groups excluding tert-OH is 5. The number of hydrogen-bond donors (Lipinski definition) is 5. The average molecular weight is 446 g/mol. The van der Waals surface area contributed by atoms with E-state index in [9.17, 15) is 35.1 Å². The standard InChI is InChI=1S/C22H22O10/c1-30-21-12(7-23)13(31-22-20(29)19(28)18(27)14(8-24)32-22)6-11-15(21)17(26)10-5-3-2-4-9(10)16(11)25/h2-6,14,18-20,22-24,27-29H,7-8H2,1H3/t14-,18+,19-,20-,22+/m1/s1. The van der Waals surface area contributed by atoms with Crippen molar-refractivity contribution in [3.8, 4) is 11.5 Å². The first-order chi connectivity index (χ1) is 15.3. The molecular weight excluding hydrogens is 424 g/mol. The molecule has 0 spiro atoms. The van der Waals surface area contributed by atoms with E-state index in [-0.39, 0.29) is 39.3 Å². The molecule has 0 amide bonds. The molecule has 10 nitrogen and oxygen atoms in total. The zero-order valence-electron chi connectivity index (χ0n) is 17.0. The number of ketones is 2. The molecule has 1 aliphatic carbocycles. The number of aliphatic hydroxyl groups is 5. The van der Waals surface area contributed by atoms with Crippen molar-refractivity contribution in [1.29, 1.82) is 0 Å². The van der Waals surface area contributed by atoms with Crippen molar-refractivity contribution in [1.82, 2.24) is 0 Å². The van der Waals surface area contributed by atoms with Gasteiger partial charge >= 0.3 is 0 Å². The number of rotatable bonds is 5. The van der Waals surface area contributed by atoms with Crippen LogP contribution in [0.15, 0.2) is 30.3 Å². The van der Waals surface area contributed by atoms with E-state index in [2.05, 4.69) is 0 Å². The normalized spacial score (nSPS) is 27.0. The fourth-order valence-corrected chi connectivity index (χ4v) is 4.01. The lowest BCUT2D eigenvalue weighted by molar-refractivity contribution is -0.277. The summed E-state index contributed by atoms with van der Waals surface area (Å²) in [5.41, 5.74) is 0.366. The summed E-state index contributed by atoms with van der Waals surface area (Å²) in [6.45, 7) is -1.30. The van der Waals surface area contributed by atoms with Crippen LogP contribution < -0.4 is 9.47 Å². The maximum absolute atomic E-state index is 13.1. The van der Waals surface area contributed by atoms with Crippen molar-refractivity contribution < 1.29 is 49.3 Å². The van der Waals surface area contributed by atoms with Crippen LogP contribution in [-0.2, 0) is 11.3 Å². The highest BCUT2D eigenvalue weighted by Gasteiger charge is 2.45. The molecule has 10 heteroatoms. The zero-order chi connectivity index (χ0) is 23.2. The van der Waals surface area contributed by atoms with Gasteiger partial charge in [-0.15, -0.1) is 0 Å². The van der Waals surface area contributed by atoms with Crippen molar-refractivity contribution in [2.24, 2.45) is 0 Å². The second-order valence-corrected chi connectivity index (χ2v) is 7.49. The molecule has 1 fully saturated rings. The third-order valence-corrected chi connectivity index (χ3v) is 5.69. The summed E-state index contributed by atoms with van der Waals surface area (Å²) in [4.78, 5) is 26.2. The van der Waals surface area contributed by atoms with Gasteiger partial charge in [0.15, 0.2) is 11.6 Å². The highest BCUT2D eigenvalue weighted by Crippen LogP contribution is 2.41. The van der Waals surface area contributed by atoms with Crippen molar-refractivity contribution in [2.75, 3.05) is 13.7 Å². The lowest BCUT2D eigenvalue weighted by Crippen LogP contribution is -2.60. The van der Waals surface area contributed by atoms with Crippen LogP contribution in [0.25, 0.3) is 0 Å².